The summed E-state index contributed by atoms with van der Waals surface area (Å²) in [4.78, 5) is 16.6. The number of anilines is 1. The molecule has 7 heteroatoms. The predicted octanol–water partition coefficient (Wildman–Crippen LogP) is 3.15. The van der Waals surface area contributed by atoms with Crippen LogP contribution in [0.2, 0.25) is 0 Å². The maximum atomic E-state index is 12.3. The molecule has 0 spiro atoms. The van der Waals surface area contributed by atoms with Gasteiger partial charge in [-0.1, -0.05) is 47.7 Å². The van der Waals surface area contributed by atoms with Crippen molar-refractivity contribution >= 4 is 22.5 Å². The quantitative estimate of drug-likeness (QED) is 0.772. The highest BCUT2D eigenvalue weighted by Crippen LogP contribution is 2.20. The Morgan fingerprint density at radius 1 is 1.09 bits per heavy atom. The van der Waals surface area contributed by atoms with Gasteiger partial charge in [-0.15, -0.1) is 10.2 Å². The van der Waals surface area contributed by atoms with Crippen molar-refractivity contribution in [1.82, 2.24) is 20.5 Å². The molecule has 2 heterocycles. The Kier molecular flexibility index (Phi) is 4.58. The number of aromatic nitrogens is 3. The molecule has 0 bridgehead atoms. The molecule has 0 saturated carbocycles. The van der Waals surface area contributed by atoms with E-state index in [9.17, 15) is 4.79 Å². The molecule has 2 amide bonds. The number of hydrogen-bond acceptors (Lipinski definition) is 5. The van der Waals surface area contributed by atoms with Gasteiger partial charge in [0.05, 0.1) is 11.7 Å². The van der Waals surface area contributed by atoms with Crippen LogP contribution in [-0.4, -0.2) is 21.2 Å². The van der Waals surface area contributed by atoms with Gasteiger partial charge < -0.3 is 5.32 Å². The fourth-order valence-corrected chi connectivity index (χ4v) is 2.72. The number of carbonyl (C=O) groups is 1. The van der Waals surface area contributed by atoms with Crippen molar-refractivity contribution in [3.05, 3.63) is 71.0 Å². The zero-order valence-electron chi connectivity index (χ0n) is 12.4. The van der Waals surface area contributed by atoms with E-state index in [2.05, 4.69) is 25.8 Å². The molecule has 6 nitrogen and oxygen atoms in total. The SMILES string of the molecule is Cc1nnc(NC(=O)N[C@H](c2ccccc2)c2ccccn2)s1. The van der Waals surface area contributed by atoms with Gasteiger partial charge in [-0.25, -0.2) is 4.79 Å². The van der Waals surface area contributed by atoms with E-state index >= 15 is 0 Å². The molecule has 1 atom stereocenters. The van der Waals surface area contributed by atoms with Gasteiger partial charge in [-0.3, -0.25) is 10.3 Å². The van der Waals surface area contributed by atoms with Gasteiger partial charge in [0.1, 0.15) is 5.01 Å². The minimum Gasteiger partial charge on any atom is -0.325 e. The molecular formula is C16H15N5OS. The number of amides is 2. The lowest BCUT2D eigenvalue weighted by molar-refractivity contribution is 0.250. The zero-order valence-corrected chi connectivity index (χ0v) is 13.2. The van der Waals surface area contributed by atoms with Crippen LogP contribution in [0, 0.1) is 6.92 Å². The Bertz CT molecular complexity index is 736. The number of urea groups is 1. The fourth-order valence-electron chi connectivity index (χ4n) is 2.13. The molecule has 2 aromatic heterocycles. The standard InChI is InChI=1S/C16H15N5OS/c1-11-20-21-16(23-11)19-15(22)18-14(12-7-3-2-4-8-12)13-9-5-6-10-17-13/h2-10,14H,1H3,(H2,18,19,21,22)/t14-/m1/s1. The number of aryl methyl sites for hydroxylation is 1. The number of nitrogens with one attached hydrogen (secondary N) is 2. The van der Waals surface area contributed by atoms with Crippen molar-refractivity contribution in [2.75, 3.05) is 5.32 Å². The molecule has 0 aliphatic carbocycles. The number of nitrogens with zero attached hydrogens (tertiary/aromatic N) is 3. The first-order chi connectivity index (χ1) is 11.2. The smallest absolute Gasteiger partial charge is 0.321 e. The molecule has 0 aliphatic rings. The third kappa shape index (κ3) is 3.89. The van der Waals surface area contributed by atoms with Crippen LogP contribution in [0.3, 0.4) is 0 Å². The summed E-state index contributed by atoms with van der Waals surface area (Å²) in [5, 5.41) is 14.7. The minimum atomic E-state index is -0.347. The highest BCUT2D eigenvalue weighted by Gasteiger charge is 2.18. The van der Waals surface area contributed by atoms with Crippen LogP contribution in [0.5, 0.6) is 0 Å². The summed E-state index contributed by atoms with van der Waals surface area (Å²) < 4.78 is 0. The summed E-state index contributed by atoms with van der Waals surface area (Å²) in [5.74, 6) is 0. The van der Waals surface area contributed by atoms with Gasteiger partial charge >= 0.3 is 6.03 Å². The van der Waals surface area contributed by atoms with E-state index in [0.717, 1.165) is 16.3 Å². The summed E-state index contributed by atoms with van der Waals surface area (Å²) in [6, 6.07) is 14.6. The lowest BCUT2D eigenvalue weighted by Crippen LogP contribution is -2.33. The molecule has 23 heavy (non-hydrogen) atoms. The molecule has 0 aliphatic heterocycles. The average Bonchev–Trinajstić information content (AvgIpc) is 2.99. The molecule has 3 rings (SSSR count). The second-order valence-electron chi connectivity index (χ2n) is 4.82. The van der Waals surface area contributed by atoms with Gasteiger partial charge in [0.25, 0.3) is 0 Å². The number of carbonyl (C=O) groups excluding carboxylic acids is 1. The van der Waals surface area contributed by atoms with Crippen LogP contribution in [-0.2, 0) is 0 Å². The van der Waals surface area contributed by atoms with E-state index < -0.39 is 0 Å². The maximum absolute atomic E-state index is 12.3. The molecule has 0 fully saturated rings. The molecule has 116 valence electrons. The number of pyridine rings is 1. The lowest BCUT2D eigenvalue weighted by Gasteiger charge is -2.18. The summed E-state index contributed by atoms with van der Waals surface area (Å²) in [7, 11) is 0. The summed E-state index contributed by atoms with van der Waals surface area (Å²) in [6.45, 7) is 1.83. The minimum absolute atomic E-state index is 0.341. The van der Waals surface area contributed by atoms with Gasteiger partial charge in [-0.2, -0.15) is 0 Å². The Balaban J connectivity index is 1.80. The van der Waals surface area contributed by atoms with Crippen molar-refractivity contribution in [3.8, 4) is 0 Å². The zero-order chi connectivity index (χ0) is 16.1. The highest BCUT2D eigenvalue weighted by molar-refractivity contribution is 7.15. The van der Waals surface area contributed by atoms with Gasteiger partial charge in [0.15, 0.2) is 0 Å². The Morgan fingerprint density at radius 2 is 1.87 bits per heavy atom. The van der Waals surface area contributed by atoms with Crippen LogP contribution >= 0.6 is 11.3 Å². The largest absolute Gasteiger partial charge is 0.325 e. The third-order valence-electron chi connectivity index (χ3n) is 3.14. The van der Waals surface area contributed by atoms with E-state index in [0.29, 0.717) is 5.13 Å². The third-order valence-corrected chi connectivity index (χ3v) is 3.89. The first-order valence-corrected chi connectivity index (χ1v) is 7.87. The van der Waals surface area contributed by atoms with Crippen molar-refractivity contribution in [2.45, 2.75) is 13.0 Å². The number of hydrogen-bond donors (Lipinski definition) is 2. The van der Waals surface area contributed by atoms with Crippen LogP contribution in [0.1, 0.15) is 22.3 Å². The molecule has 3 aromatic rings. The first kappa shape index (κ1) is 15.1. The maximum Gasteiger partial charge on any atom is 0.321 e. The predicted molar refractivity (Wildman–Crippen MR) is 89.3 cm³/mol. The molecule has 1 aromatic carbocycles. The molecule has 0 unspecified atom stereocenters. The Morgan fingerprint density at radius 3 is 2.52 bits per heavy atom. The second-order valence-corrected chi connectivity index (χ2v) is 6.00. The van der Waals surface area contributed by atoms with E-state index in [1.807, 2.05) is 55.5 Å². The van der Waals surface area contributed by atoms with Crippen LogP contribution in [0.25, 0.3) is 0 Å². The number of benzene rings is 1. The molecule has 0 saturated heterocycles. The first-order valence-electron chi connectivity index (χ1n) is 7.06. The number of rotatable bonds is 4. The topological polar surface area (TPSA) is 79.8 Å². The molecule has 2 N–H and O–H groups in total. The van der Waals surface area contributed by atoms with Crippen molar-refractivity contribution in [2.24, 2.45) is 0 Å². The van der Waals surface area contributed by atoms with Gasteiger partial charge in [0, 0.05) is 6.20 Å². The van der Waals surface area contributed by atoms with Gasteiger partial charge in [0.2, 0.25) is 5.13 Å². The van der Waals surface area contributed by atoms with Crippen LogP contribution in [0.15, 0.2) is 54.7 Å². The van der Waals surface area contributed by atoms with E-state index in [4.69, 9.17) is 0 Å². The summed E-state index contributed by atoms with van der Waals surface area (Å²) in [5.41, 5.74) is 1.72. The summed E-state index contributed by atoms with van der Waals surface area (Å²) in [6.07, 6.45) is 1.71. The van der Waals surface area contributed by atoms with E-state index in [1.165, 1.54) is 11.3 Å². The van der Waals surface area contributed by atoms with Crippen molar-refractivity contribution in [3.63, 3.8) is 0 Å². The van der Waals surface area contributed by atoms with Crippen molar-refractivity contribution in [1.29, 1.82) is 0 Å². The lowest BCUT2D eigenvalue weighted by atomic mass is 10.0. The average molecular weight is 325 g/mol. The van der Waals surface area contributed by atoms with Crippen molar-refractivity contribution < 1.29 is 4.79 Å². The summed E-state index contributed by atoms with van der Waals surface area (Å²) >= 11 is 1.32. The van der Waals surface area contributed by atoms with E-state index in [1.54, 1.807) is 6.20 Å². The van der Waals surface area contributed by atoms with E-state index in [-0.39, 0.29) is 12.1 Å². The Labute approximate surface area is 137 Å². The monoisotopic (exact) mass is 325 g/mol. The highest BCUT2D eigenvalue weighted by atomic mass is 32.1. The van der Waals surface area contributed by atoms with Gasteiger partial charge in [-0.05, 0) is 24.6 Å². The van der Waals surface area contributed by atoms with Crippen LogP contribution in [0.4, 0.5) is 9.93 Å². The molecule has 0 radical (unpaired) electrons. The normalized spacial score (nSPS) is 11.7. The second kappa shape index (κ2) is 6.97. The Hall–Kier alpha value is -2.80. The molecular weight excluding hydrogens is 310 g/mol. The fraction of sp³-hybridized carbons (Fsp3) is 0.125. The van der Waals surface area contributed by atoms with Crippen LogP contribution < -0.4 is 10.6 Å².